The monoisotopic (exact) mass is 386 g/mol. The predicted octanol–water partition coefficient (Wildman–Crippen LogP) is 0.979. The van der Waals surface area contributed by atoms with Crippen LogP contribution in [-0.4, -0.2) is 59.4 Å². The summed E-state index contributed by atoms with van der Waals surface area (Å²) in [4.78, 5) is 12.4. The SMILES string of the molecule is COc1ccc(Cc2ccc3c(c2)C2OC(CO)C(O)C(O)C2OC3=O)cc1. The van der Waals surface area contributed by atoms with E-state index in [0.717, 1.165) is 16.9 Å². The van der Waals surface area contributed by atoms with Gasteiger partial charge in [0.15, 0.2) is 6.10 Å². The lowest BCUT2D eigenvalue weighted by Gasteiger charge is -2.44. The zero-order chi connectivity index (χ0) is 19.8. The van der Waals surface area contributed by atoms with Crippen LogP contribution < -0.4 is 4.74 Å². The van der Waals surface area contributed by atoms with E-state index >= 15 is 0 Å². The molecule has 1 fully saturated rings. The number of rotatable bonds is 4. The third-order valence-corrected chi connectivity index (χ3v) is 5.32. The Morgan fingerprint density at radius 2 is 1.75 bits per heavy atom. The van der Waals surface area contributed by atoms with Crippen molar-refractivity contribution in [3.8, 4) is 5.75 Å². The van der Waals surface area contributed by atoms with Crippen molar-refractivity contribution in [1.29, 1.82) is 0 Å². The summed E-state index contributed by atoms with van der Waals surface area (Å²) in [6.45, 7) is -0.448. The molecule has 2 heterocycles. The van der Waals surface area contributed by atoms with Crippen LogP contribution in [0.2, 0.25) is 0 Å². The standard InChI is InChI=1S/C21H22O7/c1-26-13-5-2-11(3-6-13)8-12-4-7-14-15(9-12)19-20(28-21(14)25)18(24)17(23)16(10-22)27-19/h2-7,9,16-20,22-24H,8,10H2,1H3. The van der Waals surface area contributed by atoms with E-state index in [-0.39, 0.29) is 0 Å². The summed E-state index contributed by atoms with van der Waals surface area (Å²) in [5, 5.41) is 29.9. The first-order valence-electron chi connectivity index (χ1n) is 9.11. The van der Waals surface area contributed by atoms with Gasteiger partial charge in [-0.1, -0.05) is 24.3 Å². The number of aliphatic hydroxyl groups excluding tert-OH is 3. The highest BCUT2D eigenvalue weighted by molar-refractivity contribution is 5.92. The molecule has 1 saturated heterocycles. The molecule has 3 N–H and O–H groups in total. The minimum Gasteiger partial charge on any atom is -0.497 e. The Morgan fingerprint density at radius 1 is 1.04 bits per heavy atom. The van der Waals surface area contributed by atoms with Crippen LogP contribution in [0.25, 0.3) is 0 Å². The van der Waals surface area contributed by atoms with E-state index in [1.807, 2.05) is 36.4 Å². The van der Waals surface area contributed by atoms with Crippen molar-refractivity contribution in [2.75, 3.05) is 13.7 Å². The molecular weight excluding hydrogens is 364 g/mol. The van der Waals surface area contributed by atoms with Gasteiger partial charge in [0.1, 0.15) is 30.2 Å². The maximum Gasteiger partial charge on any atom is 0.338 e. The smallest absolute Gasteiger partial charge is 0.338 e. The lowest BCUT2D eigenvalue weighted by atomic mass is 9.85. The molecule has 2 aliphatic heterocycles. The van der Waals surface area contributed by atoms with Crippen LogP contribution in [0.1, 0.15) is 33.2 Å². The molecule has 0 aliphatic carbocycles. The largest absolute Gasteiger partial charge is 0.497 e. The van der Waals surface area contributed by atoms with Gasteiger partial charge in [0.2, 0.25) is 0 Å². The Morgan fingerprint density at radius 3 is 2.43 bits per heavy atom. The minimum atomic E-state index is -1.33. The van der Waals surface area contributed by atoms with Crippen LogP contribution in [0.5, 0.6) is 5.75 Å². The number of carbonyl (C=O) groups excluding carboxylic acids is 1. The van der Waals surface area contributed by atoms with E-state index in [1.165, 1.54) is 0 Å². The number of hydrogen-bond donors (Lipinski definition) is 3. The minimum absolute atomic E-state index is 0.361. The van der Waals surface area contributed by atoms with E-state index in [4.69, 9.17) is 14.2 Å². The topological polar surface area (TPSA) is 105 Å². The number of hydrogen-bond acceptors (Lipinski definition) is 7. The van der Waals surface area contributed by atoms with E-state index in [1.54, 1.807) is 13.2 Å². The highest BCUT2D eigenvalue weighted by Crippen LogP contribution is 2.40. The summed E-state index contributed by atoms with van der Waals surface area (Å²) in [7, 11) is 1.61. The van der Waals surface area contributed by atoms with Crippen LogP contribution in [0.3, 0.4) is 0 Å². The Hall–Kier alpha value is -2.45. The zero-order valence-corrected chi connectivity index (χ0v) is 15.3. The zero-order valence-electron chi connectivity index (χ0n) is 15.3. The molecule has 0 saturated carbocycles. The first-order chi connectivity index (χ1) is 13.5. The third-order valence-electron chi connectivity index (χ3n) is 5.32. The van der Waals surface area contributed by atoms with Gasteiger partial charge < -0.3 is 29.5 Å². The first-order valence-corrected chi connectivity index (χ1v) is 9.11. The fraction of sp³-hybridized carbons (Fsp3) is 0.381. The average Bonchev–Trinajstić information content (AvgIpc) is 2.72. The third kappa shape index (κ3) is 3.27. The van der Waals surface area contributed by atoms with Crippen LogP contribution >= 0.6 is 0 Å². The normalized spacial score (nSPS) is 28.9. The molecule has 7 nitrogen and oxygen atoms in total. The van der Waals surface area contributed by atoms with E-state index < -0.39 is 43.1 Å². The van der Waals surface area contributed by atoms with E-state index in [2.05, 4.69) is 0 Å². The van der Waals surface area contributed by atoms with Crippen molar-refractivity contribution in [2.24, 2.45) is 0 Å². The van der Waals surface area contributed by atoms with Crippen LogP contribution in [-0.2, 0) is 15.9 Å². The van der Waals surface area contributed by atoms with Gasteiger partial charge in [-0.2, -0.15) is 0 Å². The van der Waals surface area contributed by atoms with Crippen LogP contribution in [0, 0.1) is 0 Å². The van der Waals surface area contributed by atoms with Gasteiger partial charge in [-0.05, 0) is 41.3 Å². The van der Waals surface area contributed by atoms with Crippen molar-refractivity contribution in [3.63, 3.8) is 0 Å². The molecule has 28 heavy (non-hydrogen) atoms. The Labute approximate surface area is 162 Å². The number of fused-ring (bicyclic) bond motifs is 3. The van der Waals surface area contributed by atoms with Gasteiger partial charge in [0.05, 0.1) is 19.3 Å². The molecule has 5 atom stereocenters. The summed E-state index contributed by atoms with van der Waals surface area (Å²) in [5.41, 5.74) is 2.99. The number of methoxy groups -OCH3 is 1. The van der Waals surface area contributed by atoms with Crippen molar-refractivity contribution in [1.82, 2.24) is 0 Å². The maximum atomic E-state index is 12.4. The second kappa shape index (κ2) is 7.52. The van der Waals surface area contributed by atoms with Crippen molar-refractivity contribution in [2.45, 2.75) is 36.9 Å². The van der Waals surface area contributed by atoms with Crippen molar-refractivity contribution >= 4 is 5.97 Å². The van der Waals surface area contributed by atoms with Gasteiger partial charge in [0.25, 0.3) is 0 Å². The Balaban J connectivity index is 1.65. The highest BCUT2D eigenvalue weighted by Gasteiger charge is 2.50. The molecule has 5 unspecified atom stereocenters. The quantitative estimate of drug-likeness (QED) is 0.673. The molecule has 0 aromatic heterocycles. The van der Waals surface area contributed by atoms with Gasteiger partial charge in [-0.25, -0.2) is 4.79 Å². The van der Waals surface area contributed by atoms with E-state index in [9.17, 15) is 20.1 Å². The van der Waals surface area contributed by atoms with Crippen molar-refractivity contribution in [3.05, 3.63) is 64.7 Å². The van der Waals surface area contributed by atoms with Crippen LogP contribution in [0.15, 0.2) is 42.5 Å². The van der Waals surface area contributed by atoms with Gasteiger partial charge >= 0.3 is 5.97 Å². The second-order valence-electron chi connectivity index (χ2n) is 7.08. The number of esters is 1. The van der Waals surface area contributed by atoms with Gasteiger partial charge in [0, 0.05) is 0 Å². The molecule has 0 radical (unpaired) electrons. The second-order valence-corrected chi connectivity index (χ2v) is 7.08. The summed E-state index contributed by atoms with van der Waals surface area (Å²) in [6, 6.07) is 13.1. The Kier molecular flexibility index (Phi) is 5.07. The highest BCUT2D eigenvalue weighted by atomic mass is 16.6. The lowest BCUT2D eigenvalue weighted by Crippen LogP contribution is -2.58. The summed E-state index contributed by atoms with van der Waals surface area (Å²) in [6.07, 6.45) is -4.75. The number of carbonyl (C=O) groups is 1. The molecule has 4 rings (SSSR count). The molecule has 2 aromatic rings. The van der Waals surface area contributed by atoms with Crippen LogP contribution in [0.4, 0.5) is 0 Å². The summed E-state index contributed by atoms with van der Waals surface area (Å²) < 4.78 is 16.3. The number of ether oxygens (including phenoxy) is 3. The molecule has 2 aliphatic rings. The molecule has 148 valence electrons. The Bertz CT molecular complexity index is 864. The average molecular weight is 386 g/mol. The number of aliphatic hydroxyl groups is 3. The van der Waals surface area contributed by atoms with E-state index in [0.29, 0.717) is 17.5 Å². The molecule has 7 heteroatoms. The first kappa shape index (κ1) is 18.9. The molecule has 0 bridgehead atoms. The molecular formula is C21H22O7. The van der Waals surface area contributed by atoms with Crippen molar-refractivity contribution < 1.29 is 34.3 Å². The molecule has 2 aromatic carbocycles. The summed E-state index contributed by atoms with van der Waals surface area (Å²) in [5.74, 6) is 0.211. The fourth-order valence-electron chi connectivity index (χ4n) is 3.78. The predicted molar refractivity (Wildman–Crippen MR) is 98.2 cm³/mol. The summed E-state index contributed by atoms with van der Waals surface area (Å²) >= 11 is 0. The molecule has 0 spiro atoms. The fourth-order valence-corrected chi connectivity index (χ4v) is 3.78. The number of benzene rings is 2. The maximum absolute atomic E-state index is 12.4. The molecule has 0 amide bonds. The lowest BCUT2D eigenvalue weighted by molar-refractivity contribution is -0.234. The van der Waals surface area contributed by atoms with Gasteiger partial charge in [-0.3, -0.25) is 0 Å². The van der Waals surface area contributed by atoms with Gasteiger partial charge in [-0.15, -0.1) is 0 Å².